The summed E-state index contributed by atoms with van der Waals surface area (Å²) in [5.41, 5.74) is 16.8. The zero-order chi connectivity index (χ0) is 39.8. The molecule has 0 radical (unpaired) electrons. The average molecular weight is 766 g/mol. The van der Waals surface area contributed by atoms with Gasteiger partial charge in [0.1, 0.15) is 11.2 Å². The van der Waals surface area contributed by atoms with E-state index < -0.39 is 0 Å². The van der Waals surface area contributed by atoms with E-state index in [2.05, 4.69) is 229 Å². The number of hydrogen-bond acceptors (Lipinski definition) is 2. The van der Waals surface area contributed by atoms with Crippen LogP contribution >= 0.6 is 0 Å². The highest BCUT2D eigenvalue weighted by molar-refractivity contribution is 6.06. The Labute approximate surface area is 349 Å². The summed E-state index contributed by atoms with van der Waals surface area (Å²) in [5, 5.41) is 4.72. The summed E-state index contributed by atoms with van der Waals surface area (Å²) in [4.78, 5) is 2.41. The Morgan fingerprint density at radius 2 is 0.817 bits per heavy atom. The van der Waals surface area contributed by atoms with E-state index in [0.717, 1.165) is 61.3 Å². The summed E-state index contributed by atoms with van der Waals surface area (Å²) in [6.45, 7) is 0. The summed E-state index contributed by atoms with van der Waals surface area (Å²) >= 11 is 0. The molecule has 0 spiro atoms. The number of benzene rings is 10. The van der Waals surface area contributed by atoms with Gasteiger partial charge in [-0.1, -0.05) is 182 Å². The molecule has 11 rings (SSSR count). The first kappa shape index (κ1) is 35.2. The van der Waals surface area contributed by atoms with E-state index in [-0.39, 0.29) is 0 Å². The molecule has 0 N–H and O–H groups in total. The third kappa shape index (κ3) is 6.41. The molecule has 11 aromatic rings. The van der Waals surface area contributed by atoms with Gasteiger partial charge in [-0.05, 0) is 115 Å². The zero-order valence-corrected chi connectivity index (χ0v) is 32.9. The monoisotopic (exact) mass is 765 g/mol. The van der Waals surface area contributed by atoms with Crippen LogP contribution in [0, 0.1) is 0 Å². The quantitative estimate of drug-likeness (QED) is 0.153. The highest BCUT2D eigenvalue weighted by atomic mass is 16.3. The Morgan fingerprint density at radius 1 is 0.267 bits per heavy atom. The van der Waals surface area contributed by atoms with E-state index in [1.165, 1.54) is 44.2 Å². The van der Waals surface area contributed by atoms with Crippen molar-refractivity contribution in [2.45, 2.75) is 0 Å². The molecule has 0 aliphatic carbocycles. The van der Waals surface area contributed by atoms with Crippen LogP contribution in [0.3, 0.4) is 0 Å². The van der Waals surface area contributed by atoms with Gasteiger partial charge >= 0.3 is 0 Å². The van der Waals surface area contributed by atoms with E-state index in [1.807, 2.05) is 12.1 Å². The number of rotatable bonds is 8. The van der Waals surface area contributed by atoms with E-state index in [0.29, 0.717) is 0 Å². The van der Waals surface area contributed by atoms with Crippen LogP contribution < -0.4 is 4.90 Å². The van der Waals surface area contributed by atoms with Gasteiger partial charge in [0.2, 0.25) is 0 Å². The second-order valence-electron chi connectivity index (χ2n) is 15.3. The normalized spacial score (nSPS) is 11.3. The third-order valence-electron chi connectivity index (χ3n) is 11.7. The minimum atomic E-state index is 0.900. The molecule has 0 aliphatic heterocycles. The molecular formula is C58H39NO. The molecule has 2 nitrogen and oxygen atoms in total. The van der Waals surface area contributed by atoms with Gasteiger partial charge in [0.25, 0.3) is 0 Å². The Kier molecular flexibility index (Phi) is 8.87. The van der Waals surface area contributed by atoms with Gasteiger partial charge in [-0.2, -0.15) is 0 Å². The molecule has 2 heteroatoms. The van der Waals surface area contributed by atoms with Crippen LogP contribution in [0.1, 0.15) is 0 Å². The van der Waals surface area contributed by atoms with Crippen LogP contribution in [0.4, 0.5) is 17.1 Å². The van der Waals surface area contributed by atoms with Crippen molar-refractivity contribution in [2.75, 3.05) is 4.90 Å². The molecule has 60 heavy (non-hydrogen) atoms. The molecule has 10 aromatic carbocycles. The van der Waals surface area contributed by atoms with Crippen molar-refractivity contribution >= 4 is 49.8 Å². The fraction of sp³-hybridized carbons (Fsp3) is 0. The van der Waals surface area contributed by atoms with Gasteiger partial charge < -0.3 is 9.32 Å². The molecule has 0 saturated carbocycles. The van der Waals surface area contributed by atoms with Crippen molar-refractivity contribution in [2.24, 2.45) is 0 Å². The van der Waals surface area contributed by atoms with Crippen LogP contribution in [0.25, 0.3) is 88.3 Å². The fourth-order valence-corrected chi connectivity index (χ4v) is 8.77. The summed E-state index contributed by atoms with van der Waals surface area (Å²) in [7, 11) is 0. The average Bonchev–Trinajstić information content (AvgIpc) is 3.70. The summed E-state index contributed by atoms with van der Waals surface area (Å²) in [6.07, 6.45) is 0. The van der Waals surface area contributed by atoms with E-state index in [1.54, 1.807) is 0 Å². The Morgan fingerprint density at radius 3 is 1.63 bits per heavy atom. The van der Waals surface area contributed by atoms with Crippen molar-refractivity contribution in [3.63, 3.8) is 0 Å². The predicted octanol–water partition coefficient (Wildman–Crippen LogP) is 16.5. The zero-order valence-electron chi connectivity index (χ0n) is 32.9. The minimum absolute atomic E-state index is 0.900. The highest BCUT2D eigenvalue weighted by Crippen LogP contribution is 2.46. The maximum absolute atomic E-state index is 6.16. The second kappa shape index (κ2) is 15.1. The summed E-state index contributed by atoms with van der Waals surface area (Å²) in [5.74, 6) is 0. The maximum Gasteiger partial charge on any atom is 0.135 e. The van der Waals surface area contributed by atoms with Gasteiger partial charge in [0.15, 0.2) is 0 Å². The fourth-order valence-electron chi connectivity index (χ4n) is 8.77. The SMILES string of the molecule is c1ccc(-c2ccccc2-c2ccccc2-c2ccccc2N(c2ccc(-c3ccc4oc5ccccc5c4c3)cc2)c2cccc(-c3ccc4ccccc4c3)c2)cc1. The van der Waals surface area contributed by atoms with Gasteiger partial charge in [0.05, 0.1) is 5.69 Å². The molecule has 0 amide bonds. The Hall–Kier alpha value is -7.94. The molecule has 0 bridgehead atoms. The number of nitrogens with zero attached hydrogens (tertiary/aromatic N) is 1. The van der Waals surface area contributed by atoms with E-state index >= 15 is 0 Å². The van der Waals surface area contributed by atoms with Crippen LogP contribution in [0.5, 0.6) is 0 Å². The lowest BCUT2D eigenvalue weighted by Crippen LogP contribution is -2.11. The van der Waals surface area contributed by atoms with Crippen LogP contribution in [0.15, 0.2) is 241 Å². The molecule has 1 aromatic heterocycles. The van der Waals surface area contributed by atoms with Crippen molar-refractivity contribution in [3.8, 4) is 55.6 Å². The highest BCUT2D eigenvalue weighted by Gasteiger charge is 2.21. The largest absolute Gasteiger partial charge is 0.456 e. The topological polar surface area (TPSA) is 16.4 Å². The molecule has 0 saturated heterocycles. The molecule has 0 fully saturated rings. The standard InChI is InChI=1S/C58H39NO/c1-2-16-42(17-3-1)49-21-6-7-22-50(49)51-23-8-9-24-52(51)53-25-10-12-27-56(53)59(48-20-14-19-44(38-48)45-30-29-40-15-4-5-18-43(40)37-45)47-34-31-41(32-35-47)46-33-36-58-55(39-46)54-26-11-13-28-57(54)60-58/h1-39H. The van der Waals surface area contributed by atoms with Crippen molar-refractivity contribution in [1.82, 2.24) is 0 Å². The molecule has 282 valence electrons. The van der Waals surface area contributed by atoms with Gasteiger partial charge in [-0.3, -0.25) is 0 Å². The number of anilines is 3. The van der Waals surface area contributed by atoms with Gasteiger partial charge in [-0.25, -0.2) is 0 Å². The lowest BCUT2D eigenvalue weighted by molar-refractivity contribution is 0.669. The Bertz CT molecular complexity index is 3320. The van der Waals surface area contributed by atoms with Crippen molar-refractivity contribution in [3.05, 3.63) is 237 Å². The molecule has 0 aliphatic rings. The number of hydrogen-bond donors (Lipinski definition) is 0. The number of fused-ring (bicyclic) bond motifs is 4. The van der Waals surface area contributed by atoms with Gasteiger partial charge in [-0.15, -0.1) is 0 Å². The molecule has 0 unspecified atom stereocenters. The van der Waals surface area contributed by atoms with Crippen molar-refractivity contribution in [1.29, 1.82) is 0 Å². The first-order valence-corrected chi connectivity index (χ1v) is 20.5. The number of para-hydroxylation sites is 2. The van der Waals surface area contributed by atoms with E-state index in [9.17, 15) is 0 Å². The maximum atomic E-state index is 6.16. The first-order chi connectivity index (χ1) is 29.7. The first-order valence-electron chi connectivity index (χ1n) is 20.5. The van der Waals surface area contributed by atoms with Crippen LogP contribution in [0.2, 0.25) is 0 Å². The lowest BCUT2D eigenvalue weighted by atomic mass is 9.88. The lowest BCUT2D eigenvalue weighted by Gasteiger charge is -2.29. The molecule has 1 heterocycles. The van der Waals surface area contributed by atoms with Crippen LogP contribution in [-0.4, -0.2) is 0 Å². The summed E-state index contributed by atoms with van der Waals surface area (Å²) < 4.78 is 6.16. The second-order valence-corrected chi connectivity index (χ2v) is 15.3. The third-order valence-corrected chi connectivity index (χ3v) is 11.7. The molecule has 0 atom stereocenters. The Balaban J connectivity index is 1.07. The summed E-state index contributed by atoms with van der Waals surface area (Å²) in [6, 6.07) is 85.1. The van der Waals surface area contributed by atoms with Crippen molar-refractivity contribution < 1.29 is 4.42 Å². The van der Waals surface area contributed by atoms with E-state index in [4.69, 9.17) is 4.42 Å². The minimum Gasteiger partial charge on any atom is -0.456 e. The molecular weight excluding hydrogens is 727 g/mol. The predicted molar refractivity (Wildman–Crippen MR) is 253 cm³/mol. The number of furan rings is 1. The van der Waals surface area contributed by atoms with Gasteiger partial charge in [0, 0.05) is 27.7 Å². The van der Waals surface area contributed by atoms with Crippen LogP contribution in [-0.2, 0) is 0 Å². The smallest absolute Gasteiger partial charge is 0.135 e.